The second kappa shape index (κ2) is 7.68. The quantitative estimate of drug-likeness (QED) is 0.819. The van der Waals surface area contributed by atoms with Crippen LogP contribution in [-0.4, -0.2) is 32.6 Å². The average Bonchev–Trinajstić information content (AvgIpc) is 3.01. The number of hydrogen-bond donors (Lipinski definition) is 1. The highest BCUT2D eigenvalue weighted by molar-refractivity contribution is 5.52. The van der Waals surface area contributed by atoms with E-state index in [1.165, 1.54) is 19.3 Å². The molecule has 0 unspecified atom stereocenters. The Balaban J connectivity index is 1.62. The van der Waals surface area contributed by atoms with Crippen LogP contribution in [0, 0.1) is 19.8 Å². The second-order valence-electron chi connectivity index (χ2n) is 6.85. The van der Waals surface area contributed by atoms with Crippen LogP contribution in [0.4, 0.5) is 11.8 Å². The molecule has 2 aromatic heterocycles. The first kappa shape index (κ1) is 17.5. The summed E-state index contributed by atoms with van der Waals surface area (Å²) >= 11 is 0. The molecule has 0 atom stereocenters. The monoisotopic (exact) mass is 340 g/mol. The summed E-state index contributed by atoms with van der Waals surface area (Å²) in [6, 6.07) is 0. The summed E-state index contributed by atoms with van der Waals surface area (Å²) in [5, 5.41) is 0. The largest absolute Gasteiger partial charge is 0.368 e. The molecule has 1 aliphatic heterocycles. The highest BCUT2D eigenvalue weighted by Gasteiger charge is 2.23. The van der Waals surface area contributed by atoms with E-state index in [0.29, 0.717) is 5.95 Å². The number of aromatic nitrogens is 4. The van der Waals surface area contributed by atoms with E-state index in [4.69, 9.17) is 5.73 Å². The molecular formula is C19H28N6. The fourth-order valence-electron chi connectivity index (χ4n) is 3.64. The summed E-state index contributed by atoms with van der Waals surface area (Å²) in [7, 11) is 0. The zero-order valence-corrected chi connectivity index (χ0v) is 15.3. The Kier molecular flexibility index (Phi) is 5.36. The molecule has 0 bridgehead atoms. The van der Waals surface area contributed by atoms with E-state index in [2.05, 4.69) is 44.1 Å². The van der Waals surface area contributed by atoms with Gasteiger partial charge in [-0.1, -0.05) is 6.08 Å². The molecule has 134 valence electrons. The van der Waals surface area contributed by atoms with Crippen LogP contribution in [0.5, 0.6) is 0 Å². The molecule has 3 rings (SSSR count). The van der Waals surface area contributed by atoms with Gasteiger partial charge in [0.25, 0.3) is 0 Å². The number of aryl methyl sites for hydroxylation is 3. The van der Waals surface area contributed by atoms with Crippen molar-refractivity contribution in [3.8, 4) is 0 Å². The van der Waals surface area contributed by atoms with Crippen LogP contribution >= 0.6 is 0 Å². The van der Waals surface area contributed by atoms with Gasteiger partial charge in [0.15, 0.2) is 0 Å². The summed E-state index contributed by atoms with van der Waals surface area (Å²) in [4.78, 5) is 15.5. The number of hydrogen-bond acceptors (Lipinski definition) is 5. The van der Waals surface area contributed by atoms with Gasteiger partial charge < -0.3 is 15.2 Å². The maximum absolute atomic E-state index is 5.89. The van der Waals surface area contributed by atoms with E-state index in [1.807, 2.05) is 19.2 Å². The molecule has 3 heterocycles. The summed E-state index contributed by atoms with van der Waals surface area (Å²) < 4.78 is 2.24. The van der Waals surface area contributed by atoms with Crippen LogP contribution in [0.15, 0.2) is 25.0 Å². The molecule has 0 amide bonds. The maximum Gasteiger partial charge on any atom is 0.222 e. The Morgan fingerprint density at radius 3 is 2.68 bits per heavy atom. The van der Waals surface area contributed by atoms with Crippen LogP contribution in [0.3, 0.4) is 0 Å². The van der Waals surface area contributed by atoms with Gasteiger partial charge in [-0.2, -0.15) is 4.98 Å². The van der Waals surface area contributed by atoms with E-state index >= 15 is 0 Å². The molecule has 1 fully saturated rings. The van der Waals surface area contributed by atoms with E-state index in [0.717, 1.165) is 54.9 Å². The third-order valence-electron chi connectivity index (χ3n) is 5.17. The summed E-state index contributed by atoms with van der Waals surface area (Å²) in [6.07, 6.45) is 10.2. The molecule has 2 aromatic rings. The smallest absolute Gasteiger partial charge is 0.222 e. The highest BCUT2D eigenvalue weighted by Crippen LogP contribution is 2.28. The van der Waals surface area contributed by atoms with Gasteiger partial charge in [0.2, 0.25) is 5.95 Å². The lowest BCUT2D eigenvalue weighted by Crippen LogP contribution is -2.35. The van der Waals surface area contributed by atoms with Gasteiger partial charge >= 0.3 is 0 Å². The Morgan fingerprint density at radius 1 is 1.28 bits per heavy atom. The Morgan fingerprint density at radius 2 is 2.04 bits per heavy atom. The van der Waals surface area contributed by atoms with Crippen LogP contribution in [0.1, 0.15) is 36.3 Å². The van der Waals surface area contributed by atoms with Crippen molar-refractivity contribution in [1.29, 1.82) is 0 Å². The number of anilines is 2. The van der Waals surface area contributed by atoms with Gasteiger partial charge in [0.1, 0.15) is 11.6 Å². The molecule has 6 heteroatoms. The molecule has 0 aromatic carbocycles. The molecule has 25 heavy (non-hydrogen) atoms. The van der Waals surface area contributed by atoms with Gasteiger partial charge in [0.05, 0.1) is 0 Å². The van der Waals surface area contributed by atoms with Gasteiger partial charge in [-0.25, -0.2) is 9.97 Å². The van der Waals surface area contributed by atoms with Crippen LogP contribution < -0.4 is 10.6 Å². The van der Waals surface area contributed by atoms with Crippen molar-refractivity contribution >= 4 is 11.8 Å². The molecular weight excluding hydrogens is 312 g/mol. The molecule has 1 saturated heterocycles. The molecule has 1 aliphatic rings. The van der Waals surface area contributed by atoms with Crippen LogP contribution in [0.25, 0.3) is 0 Å². The highest BCUT2D eigenvalue weighted by atomic mass is 15.2. The normalized spacial score (nSPS) is 15.5. The minimum absolute atomic E-state index is 0.359. The average molecular weight is 340 g/mol. The lowest BCUT2D eigenvalue weighted by atomic mass is 9.93. The van der Waals surface area contributed by atoms with Crippen molar-refractivity contribution in [2.45, 2.75) is 46.1 Å². The number of allylic oxidation sites excluding steroid dienone is 1. The van der Waals surface area contributed by atoms with Crippen molar-refractivity contribution in [3.05, 3.63) is 42.1 Å². The minimum atomic E-state index is 0.359. The molecule has 2 N–H and O–H groups in total. The van der Waals surface area contributed by atoms with E-state index in [1.54, 1.807) is 0 Å². The SMILES string of the molecule is C=CCc1c(C)nc(N)nc1N1CCC(CCn2ccnc2C)CC1. The van der Waals surface area contributed by atoms with Crippen molar-refractivity contribution in [2.75, 3.05) is 23.7 Å². The predicted molar refractivity (Wildman–Crippen MR) is 102 cm³/mol. The molecule has 0 aliphatic carbocycles. The Labute approximate surface area is 149 Å². The van der Waals surface area contributed by atoms with Crippen molar-refractivity contribution in [1.82, 2.24) is 19.5 Å². The molecule has 0 radical (unpaired) electrons. The summed E-state index contributed by atoms with van der Waals surface area (Å²) in [6.45, 7) is 11.0. The fraction of sp³-hybridized carbons (Fsp3) is 0.526. The number of nitrogens with two attached hydrogens (primary N) is 1. The second-order valence-corrected chi connectivity index (χ2v) is 6.85. The topological polar surface area (TPSA) is 72.9 Å². The Bertz CT molecular complexity index is 728. The third-order valence-corrected chi connectivity index (χ3v) is 5.17. The minimum Gasteiger partial charge on any atom is -0.368 e. The zero-order chi connectivity index (χ0) is 17.8. The third kappa shape index (κ3) is 4.00. The van der Waals surface area contributed by atoms with E-state index in [-0.39, 0.29) is 0 Å². The van der Waals surface area contributed by atoms with E-state index in [9.17, 15) is 0 Å². The first-order chi connectivity index (χ1) is 12.1. The molecule has 6 nitrogen and oxygen atoms in total. The first-order valence-corrected chi connectivity index (χ1v) is 9.05. The van der Waals surface area contributed by atoms with Crippen molar-refractivity contribution in [2.24, 2.45) is 5.92 Å². The Hall–Kier alpha value is -2.37. The predicted octanol–water partition coefficient (Wildman–Crippen LogP) is 2.91. The van der Waals surface area contributed by atoms with Crippen molar-refractivity contribution in [3.63, 3.8) is 0 Å². The van der Waals surface area contributed by atoms with Gasteiger partial charge in [-0.15, -0.1) is 6.58 Å². The number of piperidine rings is 1. The van der Waals surface area contributed by atoms with Crippen molar-refractivity contribution < 1.29 is 0 Å². The van der Waals surface area contributed by atoms with Crippen LogP contribution in [0.2, 0.25) is 0 Å². The molecule has 0 spiro atoms. The zero-order valence-electron chi connectivity index (χ0n) is 15.3. The van der Waals surface area contributed by atoms with Gasteiger partial charge in [-0.05, 0) is 45.4 Å². The fourth-order valence-corrected chi connectivity index (χ4v) is 3.64. The van der Waals surface area contributed by atoms with Crippen LogP contribution in [-0.2, 0) is 13.0 Å². The lowest BCUT2D eigenvalue weighted by Gasteiger charge is -2.34. The first-order valence-electron chi connectivity index (χ1n) is 9.05. The van der Waals surface area contributed by atoms with Gasteiger partial charge in [-0.3, -0.25) is 0 Å². The molecule has 0 saturated carbocycles. The number of rotatable bonds is 6. The maximum atomic E-state index is 5.89. The lowest BCUT2D eigenvalue weighted by molar-refractivity contribution is 0.359. The summed E-state index contributed by atoms with van der Waals surface area (Å²) in [5.74, 6) is 3.20. The number of imidazole rings is 1. The van der Waals surface area contributed by atoms with Gasteiger partial charge in [0, 0.05) is 43.3 Å². The summed E-state index contributed by atoms with van der Waals surface area (Å²) in [5.41, 5.74) is 8.00. The van der Waals surface area contributed by atoms with E-state index < -0.39 is 0 Å². The number of nitrogens with zero attached hydrogens (tertiary/aromatic N) is 5. The number of nitrogen functional groups attached to an aromatic ring is 1. The standard InChI is InChI=1S/C19H28N6/c1-4-5-17-14(2)22-19(20)23-18(17)25-11-7-16(8-12-25)6-10-24-13-9-21-15(24)3/h4,9,13,16H,1,5-8,10-12H2,2-3H3,(H2,20,22,23).